The van der Waals surface area contributed by atoms with Crippen LogP contribution < -0.4 is 10.6 Å². The van der Waals surface area contributed by atoms with Crippen LogP contribution in [0.3, 0.4) is 0 Å². The zero-order valence-corrected chi connectivity index (χ0v) is 12.1. The highest BCUT2D eigenvalue weighted by Crippen LogP contribution is 2.16. The summed E-state index contributed by atoms with van der Waals surface area (Å²) < 4.78 is 0. The van der Waals surface area contributed by atoms with Gasteiger partial charge in [0, 0.05) is 11.6 Å². The van der Waals surface area contributed by atoms with Crippen molar-refractivity contribution >= 4 is 23.3 Å². The quantitative estimate of drug-likeness (QED) is 0.790. The van der Waals surface area contributed by atoms with E-state index in [1.807, 2.05) is 5.38 Å². The molecule has 0 aliphatic heterocycles. The molecular weight excluding hydrogens is 290 g/mol. The van der Waals surface area contributed by atoms with E-state index < -0.39 is 18.0 Å². The zero-order valence-electron chi connectivity index (χ0n) is 11.3. The predicted molar refractivity (Wildman–Crippen MR) is 79.0 cm³/mol. The Bertz CT molecular complexity index is 601. The van der Waals surface area contributed by atoms with Crippen molar-refractivity contribution in [2.24, 2.45) is 0 Å². The van der Waals surface area contributed by atoms with E-state index in [-0.39, 0.29) is 6.04 Å². The van der Waals surface area contributed by atoms with Crippen LogP contribution in [0, 0.1) is 0 Å². The number of rotatable bonds is 5. The number of hydrogen-bond acceptors (Lipinski definition) is 4. The summed E-state index contributed by atoms with van der Waals surface area (Å²) in [5.74, 6) is -1.11. The Morgan fingerprint density at radius 1 is 1.24 bits per heavy atom. The van der Waals surface area contributed by atoms with Crippen LogP contribution in [0.5, 0.6) is 0 Å². The number of carbonyl (C=O) groups excluding carboxylic acids is 1. The molecule has 0 saturated carbocycles. The zero-order chi connectivity index (χ0) is 15.2. The van der Waals surface area contributed by atoms with E-state index in [4.69, 9.17) is 0 Å². The number of urea groups is 1. The second-order valence-electron chi connectivity index (χ2n) is 4.39. The van der Waals surface area contributed by atoms with Gasteiger partial charge in [-0.25, -0.2) is 14.6 Å². The Balaban J connectivity index is 2.01. The van der Waals surface area contributed by atoms with Crippen molar-refractivity contribution in [3.8, 4) is 0 Å². The number of nitrogens with zero attached hydrogens (tertiary/aromatic N) is 1. The van der Waals surface area contributed by atoms with Gasteiger partial charge in [0.15, 0.2) is 6.04 Å². The Hall–Kier alpha value is -2.41. The Morgan fingerprint density at radius 2 is 1.95 bits per heavy atom. The topological polar surface area (TPSA) is 91.3 Å². The van der Waals surface area contributed by atoms with E-state index in [9.17, 15) is 14.7 Å². The van der Waals surface area contributed by atoms with E-state index in [0.29, 0.717) is 5.56 Å². The van der Waals surface area contributed by atoms with Gasteiger partial charge in [-0.05, 0) is 12.5 Å². The second kappa shape index (κ2) is 6.85. The van der Waals surface area contributed by atoms with E-state index in [2.05, 4.69) is 15.6 Å². The summed E-state index contributed by atoms with van der Waals surface area (Å²) in [6.45, 7) is 1.79. The maximum Gasteiger partial charge on any atom is 0.330 e. The van der Waals surface area contributed by atoms with E-state index in [1.165, 1.54) is 11.3 Å². The maximum absolute atomic E-state index is 11.9. The smallest absolute Gasteiger partial charge is 0.330 e. The minimum Gasteiger partial charge on any atom is -0.479 e. The van der Waals surface area contributed by atoms with Gasteiger partial charge in [-0.2, -0.15) is 0 Å². The second-order valence-corrected chi connectivity index (χ2v) is 5.32. The molecule has 7 heteroatoms. The third-order valence-corrected chi connectivity index (χ3v) is 3.78. The van der Waals surface area contributed by atoms with Crippen LogP contribution in [0.2, 0.25) is 0 Å². The van der Waals surface area contributed by atoms with Crippen molar-refractivity contribution in [3.05, 3.63) is 52.5 Å². The monoisotopic (exact) mass is 305 g/mol. The summed E-state index contributed by atoms with van der Waals surface area (Å²) >= 11 is 1.42. The van der Waals surface area contributed by atoms with Gasteiger partial charge < -0.3 is 15.7 Å². The van der Waals surface area contributed by atoms with Crippen LogP contribution in [-0.4, -0.2) is 22.1 Å². The molecule has 2 rings (SSSR count). The van der Waals surface area contributed by atoms with Crippen LogP contribution in [-0.2, 0) is 4.79 Å². The predicted octanol–water partition coefficient (Wildman–Crippen LogP) is 2.33. The van der Waals surface area contributed by atoms with E-state index >= 15 is 0 Å². The molecule has 0 saturated heterocycles. The SMILES string of the molecule is CC(NC(=O)NC(C(=O)O)c1ccccc1)c1nccs1. The lowest BCUT2D eigenvalue weighted by Crippen LogP contribution is -2.41. The summed E-state index contributed by atoms with van der Waals surface area (Å²) in [5, 5.41) is 16.9. The van der Waals surface area contributed by atoms with Crippen molar-refractivity contribution in [2.45, 2.75) is 19.0 Å². The third kappa shape index (κ3) is 4.03. The molecule has 21 heavy (non-hydrogen) atoms. The molecule has 0 bridgehead atoms. The van der Waals surface area contributed by atoms with Gasteiger partial charge in [-0.15, -0.1) is 11.3 Å². The first-order valence-corrected chi connectivity index (χ1v) is 7.20. The van der Waals surface area contributed by atoms with Crippen molar-refractivity contribution in [2.75, 3.05) is 0 Å². The molecular formula is C14H15N3O3S. The molecule has 6 nitrogen and oxygen atoms in total. The van der Waals surface area contributed by atoms with Crippen molar-refractivity contribution in [3.63, 3.8) is 0 Å². The number of carbonyl (C=O) groups is 2. The molecule has 3 N–H and O–H groups in total. The third-order valence-electron chi connectivity index (χ3n) is 2.82. The number of aromatic nitrogens is 1. The van der Waals surface area contributed by atoms with Gasteiger partial charge >= 0.3 is 12.0 Å². The summed E-state index contributed by atoms with van der Waals surface area (Å²) in [6, 6.07) is 6.63. The minimum atomic E-state index is -1.11. The highest BCUT2D eigenvalue weighted by molar-refractivity contribution is 7.09. The number of nitrogens with one attached hydrogen (secondary N) is 2. The molecule has 1 aromatic carbocycles. The molecule has 1 heterocycles. The molecule has 0 aliphatic carbocycles. The van der Waals surface area contributed by atoms with Crippen LogP contribution in [0.1, 0.15) is 29.6 Å². The molecule has 2 aromatic rings. The van der Waals surface area contributed by atoms with Crippen LogP contribution in [0.4, 0.5) is 4.79 Å². The Labute approximate surface area is 125 Å². The molecule has 2 unspecified atom stereocenters. The summed E-state index contributed by atoms with van der Waals surface area (Å²) in [7, 11) is 0. The molecule has 0 spiro atoms. The number of carboxylic acid groups (broad SMARTS) is 1. The van der Waals surface area contributed by atoms with Gasteiger partial charge in [-0.1, -0.05) is 30.3 Å². The fourth-order valence-electron chi connectivity index (χ4n) is 1.81. The first kappa shape index (κ1) is 15.0. The standard InChI is InChI=1S/C14H15N3O3S/c1-9(12-15-7-8-21-12)16-14(20)17-11(13(18)19)10-5-3-2-4-6-10/h2-9,11H,1H3,(H,18,19)(H2,16,17,20). The van der Waals surface area contributed by atoms with Crippen molar-refractivity contribution in [1.82, 2.24) is 15.6 Å². The van der Waals surface area contributed by atoms with Crippen LogP contribution in [0.25, 0.3) is 0 Å². The number of amides is 2. The lowest BCUT2D eigenvalue weighted by Gasteiger charge is -2.17. The lowest BCUT2D eigenvalue weighted by molar-refractivity contribution is -0.139. The number of carboxylic acids is 1. The first-order valence-electron chi connectivity index (χ1n) is 6.32. The number of thiazole rings is 1. The number of benzene rings is 1. The largest absolute Gasteiger partial charge is 0.479 e. The normalized spacial score (nSPS) is 13.2. The summed E-state index contributed by atoms with van der Waals surface area (Å²) in [5.41, 5.74) is 0.516. The lowest BCUT2D eigenvalue weighted by atomic mass is 10.1. The Morgan fingerprint density at radius 3 is 2.52 bits per heavy atom. The molecule has 1 aromatic heterocycles. The molecule has 2 atom stereocenters. The fourth-order valence-corrected chi connectivity index (χ4v) is 2.46. The first-order chi connectivity index (χ1) is 10.1. The van der Waals surface area contributed by atoms with Crippen LogP contribution >= 0.6 is 11.3 Å². The van der Waals surface area contributed by atoms with Gasteiger partial charge in [0.1, 0.15) is 5.01 Å². The fraction of sp³-hybridized carbons (Fsp3) is 0.214. The molecule has 0 aliphatic rings. The van der Waals surface area contributed by atoms with Gasteiger partial charge in [-0.3, -0.25) is 0 Å². The number of aliphatic carboxylic acids is 1. The molecule has 0 fully saturated rings. The van der Waals surface area contributed by atoms with Gasteiger partial charge in [0.25, 0.3) is 0 Å². The molecule has 110 valence electrons. The molecule has 0 radical (unpaired) electrons. The maximum atomic E-state index is 11.9. The van der Waals surface area contributed by atoms with E-state index in [0.717, 1.165) is 5.01 Å². The number of hydrogen-bond donors (Lipinski definition) is 3. The average molecular weight is 305 g/mol. The summed E-state index contributed by atoms with van der Waals surface area (Å²) in [6.07, 6.45) is 1.65. The van der Waals surface area contributed by atoms with Gasteiger partial charge in [0.05, 0.1) is 6.04 Å². The highest BCUT2D eigenvalue weighted by atomic mass is 32.1. The van der Waals surface area contributed by atoms with Crippen LogP contribution in [0.15, 0.2) is 41.9 Å². The minimum absolute atomic E-state index is 0.282. The molecule has 2 amide bonds. The average Bonchev–Trinajstić information content (AvgIpc) is 2.99. The summed E-state index contributed by atoms with van der Waals surface area (Å²) in [4.78, 5) is 27.3. The Kier molecular flexibility index (Phi) is 4.89. The van der Waals surface area contributed by atoms with Crippen molar-refractivity contribution < 1.29 is 14.7 Å². The highest BCUT2D eigenvalue weighted by Gasteiger charge is 2.22. The van der Waals surface area contributed by atoms with Gasteiger partial charge in [0.2, 0.25) is 0 Å². The van der Waals surface area contributed by atoms with E-state index in [1.54, 1.807) is 43.5 Å². The van der Waals surface area contributed by atoms with Crippen molar-refractivity contribution in [1.29, 1.82) is 0 Å².